The number of anilines is 1. The number of hydrogen-bond acceptors (Lipinski definition) is 6. The number of halogens is 2. The average molecular weight is 503 g/mol. The number of aromatic nitrogens is 2. The molecule has 1 saturated heterocycles. The van der Waals surface area contributed by atoms with Gasteiger partial charge in [0.2, 0.25) is 0 Å². The topological polar surface area (TPSA) is 139 Å². The summed E-state index contributed by atoms with van der Waals surface area (Å²) in [4.78, 5) is 45.2. The van der Waals surface area contributed by atoms with Crippen LogP contribution in [0.25, 0.3) is 0 Å². The Hall–Kier alpha value is -2.50. The van der Waals surface area contributed by atoms with Gasteiger partial charge in [-0.15, -0.1) is 0 Å². The van der Waals surface area contributed by atoms with Crippen LogP contribution in [-0.2, 0) is 6.54 Å². The van der Waals surface area contributed by atoms with Gasteiger partial charge in [-0.25, -0.2) is 14.6 Å². The first-order valence-electron chi connectivity index (χ1n) is 10.0. The van der Waals surface area contributed by atoms with E-state index in [0.29, 0.717) is 54.0 Å². The molecular formula is C19H24Cl2N6O4S. The van der Waals surface area contributed by atoms with Crippen LogP contribution in [-0.4, -0.2) is 58.7 Å². The molecule has 2 aromatic rings. The molecular weight excluding hydrogens is 479 g/mol. The number of hydrogen-bond donors (Lipinski definition) is 5. The number of nitrogens with one attached hydrogen (secondary N) is 4. The predicted octanol–water partition coefficient (Wildman–Crippen LogP) is 3.00. The molecule has 0 spiro atoms. The number of H-pyrrole nitrogens is 1. The van der Waals surface area contributed by atoms with Crippen molar-refractivity contribution in [2.45, 2.75) is 39.3 Å². The second-order valence-electron chi connectivity index (χ2n) is 7.28. The number of carbonyl (C=O) groups is 3. The van der Waals surface area contributed by atoms with Gasteiger partial charge in [0.1, 0.15) is 10.6 Å². The zero-order valence-electron chi connectivity index (χ0n) is 17.6. The molecule has 0 bridgehead atoms. The molecule has 3 amide bonds. The molecule has 0 unspecified atom stereocenters. The van der Waals surface area contributed by atoms with Gasteiger partial charge >= 0.3 is 12.0 Å². The van der Waals surface area contributed by atoms with Gasteiger partial charge in [0.25, 0.3) is 5.91 Å². The molecule has 0 saturated carbocycles. The van der Waals surface area contributed by atoms with Crippen LogP contribution in [0.2, 0.25) is 10.0 Å². The summed E-state index contributed by atoms with van der Waals surface area (Å²) in [5.41, 5.74) is 1.19. The zero-order valence-corrected chi connectivity index (χ0v) is 19.9. The Balaban J connectivity index is 1.60. The van der Waals surface area contributed by atoms with Crippen molar-refractivity contribution in [1.29, 1.82) is 0 Å². The molecule has 1 fully saturated rings. The number of carboxylic acid groups (broad SMARTS) is 1. The van der Waals surface area contributed by atoms with Gasteiger partial charge in [-0.3, -0.25) is 4.79 Å². The van der Waals surface area contributed by atoms with Gasteiger partial charge in [-0.1, -0.05) is 34.5 Å². The molecule has 1 aliphatic rings. The molecule has 0 radical (unpaired) electrons. The first-order chi connectivity index (χ1) is 15.2. The quantitative estimate of drug-likeness (QED) is 0.394. The number of rotatable bonds is 7. The summed E-state index contributed by atoms with van der Waals surface area (Å²) in [6, 6.07) is -0.441. The van der Waals surface area contributed by atoms with Crippen molar-refractivity contribution in [2.24, 2.45) is 0 Å². The summed E-state index contributed by atoms with van der Waals surface area (Å²) in [5, 5.41) is 18.8. The van der Waals surface area contributed by atoms with Crippen molar-refractivity contribution in [3.8, 4) is 0 Å². The highest BCUT2D eigenvalue weighted by molar-refractivity contribution is 7.17. The Morgan fingerprint density at radius 2 is 1.91 bits per heavy atom. The first kappa shape index (κ1) is 24.1. The minimum Gasteiger partial charge on any atom is -0.477 e. The van der Waals surface area contributed by atoms with Gasteiger partial charge in [-0.2, -0.15) is 0 Å². The van der Waals surface area contributed by atoms with Crippen molar-refractivity contribution < 1.29 is 19.5 Å². The Morgan fingerprint density at radius 1 is 1.22 bits per heavy atom. The maximum absolute atomic E-state index is 12.5. The highest BCUT2D eigenvalue weighted by atomic mass is 35.5. The summed E-state index contributed by atoms with van der Waals surface area (Å²) in [6.45, 7) is 5.21. The molecule has 10 nitrogen and oxygen atoms in total. The third-order valence-corrected chi connectivity index (χ3v) is 7.11. The van der Waals surface area contributed by atoms with Crippen LogP contribution in [0.15, 0.2) is 0 Å². The van der Waals surface area contributed by atoms with E-state index in [2.05, 4.69) is 25.9 Å². The molecule has 2 aromatic heterocycles. The van der Waals surface area contributed by atoms with Crippen molar-refractivity contribution in [3.05, 3.63) is 32.0 Å². The molecule has 3 rings (SSSR count). The number of aryl methyl sites for hydroxylation is 1. The van der Waals surface area contributed by atoms with Gasteiger partial charge < -0.3 is 30.9 Å². The van der Waals surface area contributed by atoms with E-state index in [1.807, 2.05) is 4.90 Å². The van der Waals surface area contributed by atoms with Gasteiger partial charge in [0, 0.05) is 31.4 Å². The number of thiazole rings is 1. The minimum absolute atomic E-state index is 0.0232. The number of carbonyl (C=O) groups excluding carboxylic acids is 2. The largest absolute Gasteiger partial charge is 0.477 e. The number of aromatic amines is 1. The van der Waals surface area contributed by atoms with Crippen molar-refractivity contribution in [1.82, 2.24) is 25.9 Å². The second kappa shape index (κ2) is 10.4. The standard InChI is InChI=1S/C19H24Cl2N6O4S/c1-3-22-18(31)23-8-11-15(17(29)30)32-19(26-11)27-6-4-10(5-7-27)25-16(28)14-13(21)12(20)9(2)24-14/h10,24H,3-8H2,1-2H3,(H,25,28)(H,29,30)(H2,22,23,31). The normalized spacial score (nSPS) is 14.3. The Labute approximate surface area is 198 Å². The number of amides is 3. The fraction of sp³-hybridized carbons (Fsp3) is 0.474. The minimum atomic E-state index is -1.08. The number of carboxylic acids is 1. The lowest BCUT2D eigenvalue weighted by Crippen LogP contribution is -2.44. The van der Waals surface area contributed by atoms with E-state index >= 15 is 0 Å². The predicted molar refractivity (Wildman–Crippen MR) is 123 cm³/mol. The van der Waals surface area contributed by atoms with E-state index in [9.17, 15) is 19.5 Å². The molecule has 13 heteroatoms. The second-order valence-corrected chi connectivity index (χ2v) is 9.01. The van der Waals surface area contributed by atoms with E-state index in [1.54, 1.807) is 13.8 Å². The Kier molecular flexibility index (Phi) is 7.86. The summed E-state index contributed by atoms with van der Waals surface area (Å²) >= 11 is 13.2. The highest BCUT2D eigenvalue weighted by Gasteiger charge is 2.27. The van der Waals surface area contributed by atoms with E-state index in [1.165, 1.54) is 0 Å². The lowest BCUT2D eigenvalue weighted by Gasteiger charge is -2.32. The molecule has 174 valence electrons. The Bertz CT molecular complexity index is 1020. The van der Waals surface area contributed by atoms with Crippen LogP contribution in [0.5, 0.6) is 0 Å². The number of nitrogens with zero attached hydrogens (tertiary/aromatic N) is 2. The molecule has 32 heavy (non-hydrogen) atoms. The smallest absolute Gasteiger partial charge is 0.347 e. The first-order valence-corrected chi connectivity index (χ1v) is 11.6. The summed E-state index contributed by atoms with van der Waals surface area (Å²) < 4.78 is 0. The van der Waals surface area contributed by atoms with E-state index in [-0.39, 0.29) is 40.1 Å². The number of piperidine rings is 1. The highest BCUT2D eigenvalue weighted by Crippen LogP contribution is 2.30. The lowest BCUT2D eigenvalue weighted by molar-refractivity contribution is 0.0700. The van der Waals surface area contributed by atoms with Crippen LogP contribution in [0.3, 0.4) is 0 Å². The van der Waals surface area contributed by atoms with Crippen molar-refractivity contribution >= 4 is 57.6 Å². The van der Waals surface area contributed by atoms with Gasteiger partial charge in [0.05, 0.1) is 22.3 Å². The third kappa shape index (κ3) is 5.45. The number of urea groups is 1. The average Bonchev–Trinajstić information content (AvgIpc) is 3.30. The fourth-order valence-electron chi connectivity index (χ4n) is 3.35. The summed E-state index contributed by atoms with van der Waals surface area (Å²) in [5.74, 6) is -1.40. The molecule has 0 aliphatic carbocycles. The number of aromatic carboxylic acids is 1. The maximum atomic E-state index is 12.5. The van der Waals surface area contributed by atoms with Gasteiger partial charge in [-0.05, 0) is 26.7 Å². The van der Waals surface area contributed by atoms with Gasteiger partial charge in [0.15, 0.2) is 5.13 Å². The zero-order chi connectivity index (χ0) is 23.4. The fourth-order valence-corrected chi connectivity index (χ4v) is 4.74. The van der Waals surface area contributed by atoms with Crippen LogP contribution in [0.4, 0.5) is 9.93 Å². The Morgan fingerprint density at radius 3 is 2.47 bits per heavy atom. The van der Waals surface area contributed by atoms with Crippen LogP contribution < -0.4 is 20.9 Å². The molecule has 0 atom stereocenters. The van der Waals surface area contributed by atoms with Crippen molar-refractivity contribution in [3.63, 3.8) is 0 Å². The SMILES string of the molecule is CCNC(=O)NCc1nc(N2CCC(NC(=O)c3[nH]c(C)c(Cl)c3Cl)CC2)sc1C(=O)O. The maximum Gasteiger partial charge on any atom is 0.347 e. The molecule has 0 aromatic carbocycles. The molecule has 1 aliphatic heterocycles. The van der Waals surface area contributed by atoms with E-state index in [0.717, 1.165) is 11.3 Å². The van der Waals surface area contributed by atoms with Crippen molar-refractivity contribution in [2.75, 3.05) is 24.5 Å². The van der Waals surface area contributed by atoms with Crippen LogP contribution >= 0.6 is 34.5 Å². The van der Waals surface area contributed by atoms with E-state index < -0.39 is 5.97 Å². The monoisotopic (exact) mass is 502 g/mol. The van der Waals surface area contributed by atoms with E-state index in [4.69, 9.17) is 23.2 Å². The summed E-state index contributed by atoms with van der Waals surface area (Å²) in [6.07, 6.45) is 1.32. The van der Waals surface area contributed by atoms with Crippen LogP contribution in [0, 0.1) is 6.92 Å². The lowest BCUT2D eigenvalue weighted by atomic mass is 10.1. The van der Waals surface area contributed by atoms with Crippen LogP contribution in [0.1, 0.15) is 51.3 Å². The summed E-state index contributed by atoms with van der Waals surface area (Å²) in [7, 11) is 0. The third-order valence-electron chi connectivity index (χ3n) is 5.02. The molecule has 5 N–H and O–H groups in total. The molecule has 3 heterocycles.